The van der Waals surface area contributed by atoms with Crippen molar-refractivity contribution in [3.8, 4) is 5.75 Å². The van der Waals surface area contributed by atoms with E-state index in [2.05, 4.69) is 5.32 Å². The highest BCUT2D eigenvalue weighted by atomic mass is 16.6. The van der Waals surface area contributed by atoms with Crippen LogP contribution in [0.25, 0.3) is 0 Å². The van der Waals surface area contributed by atoms with Gasteiger partial charge in [-0.25, -0.2) is 9.59 Å². The van der Waals surface area contributed by atoms with Gasteiger partial charge in [0, 0.05) is 6.42 Å². The number of rotatable bonds is 5. The Balaban J connectivity index is 2.01. The summed E-state index contributed by atoms with van der Waals surface area (Å²) in [5.74, 6) is -0.0597. The van der Waals surface area contributed by atoms with E-state index < -0.39 is 23.7 Å². The predicted molar refractivity (Wildman–Crippen MR) is 100 cm³/mol. The highest BCUT2D eigenvalue weighted by Gasteiger charge is 2.22. The maximum atomic E-state index is 12.3. The molecular formula is C21H25NO4. The molecule has 0 heterocycles. The molecule has 0 spiro atoms. The molecule has 0 aliphatic rings. The molecule has 2 rings (SSSR count). The first-order chi connectivity index (χ1) is 12.2. The lowest BCUT2D eigenvalue weighted by atomic mass is 10.0. The van der Waals surface area contributed by atoms with Gasteiger partial charge >= 0.3 is 12.1 Å². The average Bonchev–Trinajstić information content (AvgIpc) is 2.55. The van der Waals surface area contributed by atoms with Gasteiger partial charge in [-0.2, -0.15) is 0 Å². The van der Waals surface area contributed by atoms with E-state index in [0.29, 0.717) is 12.2 Å². The molecule has 2 aromatic rings. The minimum absolute atomic E-state index is 0.485. The van der Waals surface area contributed by atoms with Crippen molar-refractivity contribution in [2.45, 2.75) is 45.8 Å². The number of ether oxygens (including phenoxy) is 2. The van der Waals surface area contributed by atoms with Crippen LogP contribution < -0.4 is 10.1 Å². The average molecular weight is 355 g/mol. The first kappa shape index (κ1) is 19.5. The number of carbonyl (C=O) groups excluding carboxylic acids is 2. The number of para-hydroxylation sites is 1. The predicted octanol–water partition coefficient (Wildman–Crippen LogP) is 4.10. The third-order valence-electron chi connectivity index (χ3n) is 3.51. The van der Waals surface area contributed by atoms with Gasteiger partial charge in [0.15, 0.2) is 0 Å². The van der Waals surface area contributed by atoms with Gasteiger partial charge in [-0.05, 0) is 44.9 Å². The van der Waals surface area contributed by atoms with Crippen molar-refractivity contribution in [3.63, 3.8) is 0 Å². The van der Waals surface area contributed by atoms with Crippen LogP contribution in [-0.2, 0) is 16.0 Å². The van der Waals surface area contributed by atoms with Gasteiger partial charge in [0.25, 0.3) is 0 Å². The van der Waals surface area contributed by atoms with Crippen LogP contribution in [0.15, 0.2) is 54.6 Å². The summed E-state index contributed by atoms with van der Waals surface area (Å²) < 4.78 is 10.7. The number of esters is 1. The topological polar surface area (TPSA) is 64.6 Å². The zero-order valence-corrected chi connectivity index (χ0v) is 15.6. The summed E-state index contributed by atoms with van der Waals surface area (Å²) in [5.41, 5.74) is 1.39. The highest BCUT2D eigenvalue weighted by Crippen LogP contribution is 2.22. The van der Waals surface area contributed by atoms with Gasteiger partial charge in [0.05, 0.1) is 0 Å². The Labute approximate surface area is 154 Å². The van der Waals surface area contributed by atoms with Crippen LogP contribution in [0.2, 0.25) is 0 Å². The van der Waals surface area contributed by atoms with Gasteiger partial charge in [-0.3, -0.25) is 0 Å². The van der Waals surface area contributed by atoms with Crippen molar-refractivity contribution >= 4 is 12.1 Å². The van der Waals surface area contributed by atoms with E-state index in [4.69, 9.17) is 9.47 Å². The zero-order valence-electron chi connectivity index (χ0n) is 15.6. The summed E-state index contributed by atoms with van der Waals surface area (Å²) in [7, 11) is 0. The Morgan fingerprint density at radius 1 is 1.00 bits per heavy atom. The Kier molecular flexibility index (Phi) is 6.39. The number of benzene rings is 2. The number of hydrogen-bond acceptors (Lipinski definition) is 4. The van der Waals surface area contributed by atoms with Crippen LogP contribution in [0.4, 0.5) is 4.79 Å². The van der Waals surface area contributed by atoms with E-state index in [1.807, 2.05) is 48.5 Å². The summed E-state index contributed by atoms with van der Waals surface area (Å²) in [6.45, 7) is 6.84. The fourth-order valence-electron chi connectivity index (χ4n) is 2.31. The Morgan fingerprint density at radius 2 is 1.62 bits per heavy atom. The molecular weight excluding hydrogens is 330 g/mol. The number of carbonyl (C=O) groups is 2. The molecule has 0 saturated heterocycles. The highest BCUT2D eigenvalue weighted by molar-refractivity contribution is 5.82. The molecule has 5 nitrogen and oxygen atoms in total. The van der Waals surface area contributed by atoms with Crippen LogP contribution >= 0.6 is 0 Å². The molecule has 0 saturated carbocycles. The molecule has 0 radical (unpaired) electrons. The van der Waals surface area contributed by atoms with E-state index in [1.165, 1.54) is 0 Å². The SMILES string of the molecule is CC(NC(=O)OC(C)(C)C)C(=O)Oc1ccccc1Cc1ccccc1. The largest absolute Gasteiger partial charge is 0.444 e. The van der Waals surface area contributed by atoms with Crippen molar-refractivity contribution in [3.05, 3.63) is 65.7 Å². The van der Waals surface area contributed by atoms with E-state index >= 15 is 0 Å². The van der Waals surface area contributed by atoms with Crippen molar-refractivity contribution in [2.75, 3.05) is 0 Å². The van der Waals surface area contributed by atoms with E-state index in [-0.39, 0.29) is 0 Å². The molecule has 1 amide bonds. The molecule has 1 unspecified atom stereocenters. The van der Waals surface area contributed by atoms with Crippen molar-refractivity contribution in [1.29, 1.82) is 0 Å². The number of hydrogen-bond donors (Lipinski definition) is 1. The molecule has 0 aliphatic carbocycles. The van der Waals surface area contributed by atoms with Gasteiger partial charge < -0.3 is 14.8 Å². The van der Waals surface area contributed by atoms with E-state index in [1.54, 1.807) is 33.8 Å². The fourth-order valence-corrected chi connectivity index (χ4v) is 2.31. The third kappa shape index (κ3) is 6.24. The molecule has 138 valence electrons. The lowest BCUT2D eigenvalue weighted by Gasteiger charge is -2.21. The summed E-state index contributed by atoms with van der Waals surface area (Å²) in [5, 5.41) is 2.49. The van der Waals surface area contributed by atoms with Crippen molar-refractivity contribution in [2.24, 2.45) is 0 Å². The Morgan fingerprint density at radius 3 is 2.27 bits per heavy atom. The summed E-state index contributed by atoms with van der Waals surface area (Å²) in [4.78, 5) is 24.1. The molecule has 0 bridgehead atoms. The Hall–Kier alpha value is -2.82. The number of amides is 1. The van der Waals surface area contributed by atoms with Gasteiger partial charge in [0.1, 0.15) is 17.4 Å². The first-order valence-corrected chi connectivity index (χ1v) is 8.57. The maximum absolute atomic E-state index is 12.3. The number of nitrogens with one attached hydrogen (secondary N) is 1. The molecule has 0 fully saturated rings. The molecule has 26 heavy (non-hydrogen) atoms. The van der Waals surface area contributed by atoms with E-state index in [9.17, 15) is 9.59 Å². The number of alkyl carbamates (subject to hydrolysis) is 1. The van der Waals surface area contributed by atoms with Crippen LogP contribution in [-0.4, -0.2) is 23.7 Å². The quantitative estimate of drug-likeness (QED) is 0.648. The molecule has 0 aromatic heterocycles. The second-order valence-corrected chi connectivity index (χ2v) is 7.06. The molecule has 1 N–H and O–H groups in total. The van der Waals surface area contributed by atoms with Gasteiger partial charge in [0.2, 0.25) is 0 Å². The maximum Gasteiger partial charge on any atom is 0.408 e. The van der Waals surface area contributed by atoms with Gasteiger partial charge in [-0.15, -0.1) is 0 Å². The fraction of sp³-hybridized carbons (Fsp3) is 0.333. The third-order valence-corrected chi connectivity index (χ3v) is 3.51. The Bertz CT molecular complexity index is 750. The first-order valence-electron chi connectivity index (χ1n) is 8.57. The second kappa shape index (κ2) is 8.52. The van der Waals surface area contributed by atoms with Crippen molar-refractivity contribution < 1.29 is 19.1 Å². The molecule has 0 aliphatic heterocycles. The molecule has 1 atom stereocenters. The van der Waals surface area contributed by atoms with E-state index in [0.717, 1.165) is 11.1 Å². The van der Waals surface area contributed by atoms with Gasteiger partial charge in [-0.1, -0.05) is 48.5 Å². The summed E-state index contributed by atoms with van der Waals surface area (Å²) in [6, 6.07) is 16.5. The lowest BCUT2D eigenvalue weighted by Crippen LogP contribution is -2.43. The zero-order chi connectivity index (χ0) is 19.2. The minimum Gasteiger partial charge on any atom is -0.444 e. The standard InChI is InChI=1S/C21H25NO4/c1-15(22-20(24)26-21(2,3)4)19(23)25-18-13-9-8-12-17(18)14-16-10-6-5-7-11-16/h5-13,15H,14H2,1-4H3,(H,22,24). The second-order valence-electron chi connectivity index (χ2n) is 7.06. The van der Waals surface area contributed by atoms with Crippen LogP contribution in [0, 0.1) is 0 Å². The normalized spacial score (nSPS) is 12.2. The smallest absolute Gasteiger partial charge is 0.408 e. The molecule has 2 aromatic carbocycles. The molecule has 5 heteroatoms. The monoisotopic (exact) mass is 355 g/mol. The summed E-state index contributed by atoms with van der Waals surface area (Å²) in [6.07, 6.45) is -0.00226. The van der Waals surface area contributed by atoms with Crippen LogP contribution in [0.5, 0.6) is 5.75 Å². The van der Waals surface area contributed by atoms with Crippen molar-refractivity contribution in [1.82, 2.24) is 5.32 Å². The van der Waals surface area contributed by atoms with Crippen LogP contribution in [0.1, 0.15) is 38.8 Å². The lowest BCUT2D eigenvalue weighted by molar-refractivity contribution is -0.136. The minimum atomic E-state index is -0.824. The summed E-state index contributed by atoms with van der Waals surface area (Å²) >= 11 is 0. The van der Waals surface area contributed by atoms with Crippen LogP contribution in [0.3, 0.4) is 0 Å².